The number of phenols is 2. The van der Waals surface area contributed by atoms with E-state index in [2.05, 4.69) is 4.74 Å². The Morgan fingerprint density at radius 1 is 1.33 bits per heavy atom. The molecule has 1 rings (SSSR count). The van der Waals surface area contributed by atoms with E-state index in [1.165, 1.54) is 19.1 Å². The first kappa shape index (κ1) is 14.2. The van der Waals surface area contributed by atoms with Gasteiger partial charge >= 0.3 is 35.5 Å². The van der Waals surface area contributed by atoms with Gasteiger partial charge in [-0.25, -0.2) is 4.79 Å². The van der Waals surface area contributed by atoms with Gasteiger partial charge in [-0.05, 0) is 19.1 Å². The average molecular weight is 221 g/mol. The molecule has 0 aliphatic carbocycles. The van der Waals surface area contributed by atoms with Gasteiger partial charge < -0.3 is 20.1 Å². The second-order valence-electron chi connectivity index (χ2n) is 2.75. The third-order valence-electron chi connectivity index (χ3n) is 1.51. The van der Waals surface area contributed by atoms with Crippen molar-refractivity contribution >= 4 is 5.97 Å². The molecule has 1 atom stereocenters. The van der Waals surface area contributed by atoms with Crippen LogP contribution in [0.5, 0.6) is 17.2 Å². The number of aliphatic hydroxyl groups excluding tert-OH is 1. The van der Waals surface area contributed by atoms with Gasteiger partial charge in [-0.15, -0.1) is 0 Å². The van der Waals surface area contributed by atoms with Crippen molar-refractivity contribution < 1.29 is 54.4 Å². The summed E-state index contributed by atoms with van der Waals surface area (Å²) in [5.41, 5.74) is 0. The molecule has 0 fully saturated rings. The monoisotopic (exact) mass is 221 g/mol. The van der Waals surface area contributed by atoms with E-state index in [9.17, 15) is 4.79 Å². The van der Waals surface area contributed by atoms with Crippen molar-refractivity contribution in [1.82, 2.24) is 0 Å². The Morgan fingerprint density at radius 2 is 1.93 bits per heavy atom. The molecular weight excluding hydrogens is 211 g/mol. The first-order chi connectivity index (χ1) is 6.50. The van der Waals surface area contributed by atoms with Crippen LogP contribution >= 0.6 is 0 Å². The molecule has 0 aliphatic heterocycles. The van der Waals surface area contributed by atoms with Gasteiger partial charge in [0.2, 0.25) is 0 Å². The molecule has 0 saturated heterocycles. The molecule has 0 amide bonds. The summed E-state index contributed by atoms with van der Waals surface area (Å²) in [6.45, 7) is 1.27. The maximum absolute atomic E-state index is 10.9. The number of benzene rings is 1. The fraction of sp³-hybridized carbons (Fsp3) is 0.222. The quantitative estimate of drug-likeness (QED) is 0.220. The molecule has 0 saturated carbocycles. The van der Waals surface area contributed by atoms with Crippen LogP contribution in [0.15, 0.2) is 18.2 Å². The van der Waals surface area contributed by atoms with Gasteiger partial charge in [0, 0.05) is 6.07 Å². The number of hydrogen-bond acceptors (Lipinski definition) is 5. The minimum absolute atomic E-state index is 0. The summed E-state index contributed by atoms with van der Waals surface area (Å²) in [6.07, 6.45) is -1.23. The van der Waals surface area contributed by atoms with Crippen LogP contribution in [0.25, 0.3) is 0 Å². The van der Waals surface area contributed by atoms with Gasteiger partial charge in [0.25, 0.3) is 0 Å². The van der Waals surface area contributed by atoms with Crippen molar-refractivity contribution in [3.8, 4) is 17.2 Å². The molecule has 5 nitrogen and oxygen atoms in total. The van der Waals surface area contributed by atoms with E-state index in [4.69, 9.17) is 15.3 Å². The van der Waals surface area contributed by atoms with Crippen LogP contribution in [0.3, 0.4) is 0 Å². The summed E-state index contributed by atoms with van der Waals surface area (Å²) in [7, 11) is 0. The standard InChI is InChI=1S/C9H10O5.Na/c1-5(10)9(13)14-6-2-3-7(11)8(12)4-6;/h2-5,10-12H,1H3;/q;+1. The first-order valence-corrected chi connectivity index (χ1v) is 3.92. The maximum atomic E-state index is 10.9. The van der Waals surface area contributed by atoms with Crippen LogP contribution in [0.4, 0.5) is 0 Å². The molecule has 6 heteroatoms. The normalized spacial score (nSPS) is 11.3. The molecule has 1 aromatic rings. The van der Waals surface area contributed by atoms with Crippen molar-refractivity contribution in [1.29, 1.82) is 0 Å². The minimum atomic E-state index is -1.23. The third-order valence-corrected chi connectivity index (χ3v) is 1.51. The molecule has 1 aromatic carbocycles. The number of ether oxygens (including phenoxy) is 1. The summed E-state index contributed by atoms with van der Waals surface area (Å²) in [5, 5.41) is 26.8. The molecule has 0 heterocycles. The third kappa shape index (κ3) is 4.09. The van der Waals surface area contributed by atoms with E-state index in [0.29, 0.717) is 0 Å². The van der Waals surface area contributed by atoms with Crippen LogP contribution < -0.4 is 34.3 Å². The van der Waals surface area contributed by atoms with Crippen molar-refractivity contribution in [2.45, 2.75) is 13.0 Å². The van der Waals surface area contributed by atoms with Crippen molar-refractivity contribution in [2.75, 3.05) is 0 Å². The van der Waals surface area contributed by atoms with Crippen LogP contribution in [-0.4, -0.2) is 27.4 Å². The topological polar surface area (TPSA) is 87.0 Å². The molecule has 76 valence electrons. The van der Waals surface area contributed by atoms with E-state index in [1.807, 2.05) is 0 Å². The van der Waals surface area contributed by atoms with Gasteiger partial charge in [-0.1, -0.05) is 0 Å². The molecule has 0 spiro atoms. The predicted molar refractivity (Wildman–Crippen MR) is 47.1 cm³/mol. The largest absolute Gasteiger partial charge is 1.00 e. The molecular formula is C9H10NaO5+. The fourth-order valence-electron chi connectivity index (χ4n) is 0.768. The Balaban J connectivity index is 0.00000196. The first-order valence-electron chi connectivity index (χ1n) is 3.92. The number of rotatable bonds is 2. The number of hydrogen-bond donors (Lipinski definition) is 3. The maximum Gasteiger partial charge on any atom is 1.00 e. The predicted octanol–water partition coefficient (Wildman–Crippen LogP) is -2.61. The number of carbonyl (C=O) groups excluding carboxylic acids is 1. The van der Waals surface area contributed by atoms with Crippen LogP contribution in [0.1, 0.15) is 6.92 Å². The molecule has 3 N–H and O–H groups in total. The Bertz CT molecular complexity index is 350. The Labute approximate surface area is 109 Å². The molecule has 0 bridgehead atoms. The number of esters is 1. The molecule has 1 unspecified atom stereocenters. The summed E-state index contributed by atoms with van der Waals surface area (Å²) in [5.74, 6) is -1.45. The Kier molecular flexibility index (Phi) is 5.67. The van der Waals surface area contributed by atoms with E-state index < -0.39 is 12.1 Å². The zero-order valence-corrected chi connectivity index (χ0v) is 10.5. The van der Waals surface area contributed by atoms with Crippen LogP contribution in [-0.2, 0) is 4.79 Å². The number of aromatic hydroxyl groups is 2. The second-order valence-corrected chi connectivity index (χ2v) is 2.75. The molecule has 15 heavy (non-hydrogen) atoms. The van der Waals surface area contributed by atoms with Gasteiger partial charge in [0.05, 0.1) is 0 Å². The summed E-state index contributed by atoms with van der Waals surface area (Å²) < 4.78 is 4.65. The van der Waals surface area contributed by atoms with E-state index in [-0.39, 0.29) is 46.8 Å². The van der Waals surface area contributed by atoms with Gasteiger partial charge in [-0.2, -0.15) is 0 Å². The van der Waals surface area contributed by atoms with E-state index >= 15 is 0 Å². The molecule has 0 radical (unpaired) electrons. The van der Waals surface area contributed by atoms with Crippen LogP contribution in [0, 0.1) is 0 Å². The van der Waals surface area contributed by atoms with Gasteiger partial charge in [0.15, 0.2) is 11.5 Å². The molecule has 0 aromatic heterocycles. The number of carbonyl (C=O) groups is 1. The summed E-state index contributed by atoms with van der Waals surface area (Å²) in [6, 6.07) is 3.56. The van der Waals surface area contributed by atoms with Crippen LogP contribution in [0.2, 0.25) is 0 Å². The second kappa shape index (κ2) is 5.97. The van der Waals surface area contributed by atoms with Gasteiger partial charge in [0.1, 0.15) is 11.9 Å². The zero-order chi connectivity index (χ0) is 10.7. The van der Waals surface area contributed by atoms with Crippen molar-refractivity contribution in [3.63, 3.8) is 0 Å². The fourth-order valence-corrected chi connectivity index (χ4v) is 0.768. The van der Waals surface area contributed by atoms with Gasteiger partial charge in [-0.3, -0.25) is 0 Å². The van der Waals surface area contributed by atoms with E-state index in [1.54, 1.807) is 0 Å². The summed E-state index contributed by atoms with van der Waals surface area (Å²) >= 11 is 0. The Hall–Kier alpha value is -0.750. The van der Waals surface area contributed by atoms with Crippen molar-refractivity contribution in [2.24, 2.45) is 0 Å². The average Bonchev–Trinajstić information content (AvgIpc) is 2.11. The SMILES string of the molecule is CC(O)C(=O)Oc1ccc(O)c(O)c1.[Na+]. The molecule has 0 aliphatic rings. The number of aliphatic hydroxyl groups is 1. The summed E-state index contributed by atoms with van der Waals surface area (Å²) in [4.78, 5) is 10.9. The Morgan fingerprint density at radius 3 is 2.40 bits per heavy atom. The minimum Gasteiger partial charge on any atom is -0.504 e. The van der Waals surface area contributed by atoms with E-state index in [0.717, 1.165) is 6.07 Å². The number of phenolic OH excluding ortho intramolecular Hbond substituents is 2. The van der Waals surface area contributed by atoms with Crippen molar-refractivity contribution in [3.05, 3.63) is 18.2 Å². The zero-order valence-electron chi connectivity index (χ0n) is 8.47. The smallest absolute Gasteiger partial charge is 0.504 e.